The van der Waals surface area contributed by atoms with Gasteiger partial charge < -0.3 is 14.6 Å². The number of halogens is 1. The van der Waals surface area contributed by atoms with Gasteiger partial charge in [-0.1, -0.05) is 60.7 Å². The number of hydrogen-bond acceptors (Lipinski definition) is 4. The molecule has 1 aliphatic heterocycles. The number of carbonyl (C=O) groups is 1. The molecule has 0 saturated carbocycles. The summed E-state index contributed by atoms with van der Waals surface area (Å²) in [5, 5.41) is 8.72. The predicted molar refractivity (Wildman–Crippen MR) is 147 cm³/mol. The van der Waals surface area contributed by atoms with Gasteiger partial charge in [-0.2, -0.15) is 0 Å². The van der Waals surface area contributed by atoms with Gasteiger partial charge in [0, 0.05) is 19.6 Å². The zero-order valence-corrected chi connectivity index (χ0v) is 21.3. The summed E-state index contributed by atoms with van der Waals surface area (Å²) in [6.07, 6.45) is 1.08. The van der Waals surface area contributed by atoms with Gasteiger partial charge in [-0.3, -0.25) is 4.90 Å². The molecule has 5 nitrogen and oxygen atoms in total. The lowest BCUT2D eigenvalue weighted by Gasteiger charge is -2.29. The van der Waals surface area contributed by atoms with E-state index in [1.807, 2.05) is 0 Å². The first-order chi connectivity index (χ1) is 17.6. The van der Waals surface area contributed by atoms with Crippen LogP contribution in [0.1, 0.15) is 22.3 Å². The molecule has 1 aliphatic rings. The van der Waals surface area contributed by atoms with E-state index in [4.69, 9.17) is 14.6 Å². The van der Waals surface area contributed by atoms with Crippen LogP contribution in [0.2, 0.25) is 0 Å². The van der Waals surface area contributed by atoms with Crippen LogP contribution < -0.4 is 9.47 Å². The van der Waals surface area contributed by atoms with Gasteiger partial charge in [0.05, 0.1) is 0 Å². The molecule has 0 aliphatic carbocycles. The Morgan fingerprint density at radius 2 is 1.46 bits per heavy atom. The Labute approximate surface area is 223 Å². The highest BCUT2D eigenvalue weighted by Gasteiger charge is 2.17. The molecular weight excluding hydrogens is 486 g/mol. The average molecular weight is 516 g/mol. The monoisotopic (exact) mass is 515 g/mol. The summed E-state index contributed by atoms with van der Waals surface area (Å²) in [5.41, 5.74) is 7.68. The van der Waals surface area contributed by atoms with E-state index in [2.05, 4.69) is 77.7 Å². The molecule has 4 aromatic rings. The average Bonchev–Trinajstić information content (AvgIpc) is 2.91. The van der Waals surface area contributed by atoms with Crippen molar-refractivity contribution in [1.82, 2.24) is 4.90 Å². The zero-order chi connectivity index (χ0) is 24.7. The topological polar surface area (TPSA) is 59.0 Å². The second kappa shape index (κ2) is 12.4. The van der Waals surface area contributed by atoms with E-state index in [1.54, 1.807) is 24.3 Å². The van der Waals surface area contributed by atoms with E-state index in [1.165, 1.54) is 27.8 Å². The van der Waals surface area contributed by atoms with E-state index in [0.29, 0.717) is 18.1 Å². The highest BCUT2D eigenvalue weighted by molar-refractivity contribution is 5.85. The van der Waals surface area contributed by atoms with E-state index < -0.39 is 5.97 Å². The van der Waals surface area contributed by atoms with Gasteiger partial charge in [0.25, 0.3) is 0 Å². The van der Waals surface area contributed by atoms with E-state index in [0.717, 1.165) is 31.6 Å². The van der Waals surface area contributed by atoms with Gasteiger partial charge in [-0.15, -0.1) is 12.4 Å². The van der Waals surface area contributed by atoms with Gasteiger partial charge in [0.1, 0.15) is 18.1 Å². The van der Waals surface area contributed by atoms with Crippen LogP contribution in [0.3, 0.4) is 0 Å². The summed E-state index contributed by atoms with van der Waals surface area (Å²) in [6.45, 7) is 3.11. The molecule has 0 saturated heterocycles. The number of benzene rings is 4. The summed E-state index contributed by atoms with van der Waals surface area (Å²) in [5.74, 6) is 0.204. The molecule has 6 heteroatoms. The van der Waals surface area contributed by atoms with Crippen molar-refractivity contribution in [2.45, 2.75) is 26.1 Å². The summed E-state index contributed by atoms with van der Waals surface area (Å²) in [7, 11) is 0. The van der Waals surface area contributed by atoms with Gasteiger partial charge in [-0.05, 0) is 76.2 Å². The Morgan fingerprint density at radius 3 is 2.22 bits per heavy atom. The lowest BCUT2D eigenvalue weighted by Crippen LogP contribution is -2.30. The Kier molecular flexibility index (Phi) is 8.83. The predicted octanol–water partition coefficient (Wildman–Crippen LogP) is 6.38. The number of ether oxygens (including phenoxy) is 2. The molecule has 1 heterocycles. The van der Waals surface area contributed by atoms with Crippen LogP contribution in [-0.2, 0) is 30.9 Å². The van der Waals surface area contributed by atoms with Crippen LogP contribution in [0.25, 0.3) is 11.1 Å². The van der Waals surface area contributed by atoms with Crippen LogP contribution in [-0.4, -0.2) is 29.1 Å². The lowest BCUT2D eigenvalue weighted by molar-refractivity contribution is -0.139. The number of hydrogen-bond donors (Lipinski definition) is 1. The van der Waals surface area contributed by atoms with E-state index in [9.17, 15) is 4.79 Å². The number of aliphatic carboxylic acids is 1. The maximum absolute atomic E-state index is 10.6. The molecule has 0 aromatic heterocycles. The molecule has 1 N–H and O–H groups in total. The molecule has 0 unspecified atom stereocenters. The van der Waals surface area contributed by atoms with Crippen molar-refractivity contribution < 1.29 is 19.4 Å². The first kappa shape index (κ1) is 26.3. The molecule has 190 valence electrons. The fourth-order valence-electron chi connectivity index (χ4n) is 4.56. The second-order valence-corrected chi connectivity index (χ2v) is 9.07. The van der Waals surface area contributed by atoms with Crippen LogP contribution >= 0.6 is 12.4 Å². The third-order valence-corrected chi connectivity index (χ3v) is 6.40. The minimum atomic E-state index is -1.00. The van der Waals surface area contributed by atoms with E-state index in [-0.39, 0.29) is 19.0 Å². The largest absolute Gasteiger partial charge is 0.489 e. The van der Waals surface area contributed by atoms with E-state index >= 15 is 0 Å². The Balaban J connectivity index is 0.00000320. The standard InChI is InChI=1S/C31H29NO4.ClH/c33-31(34)22-36-30-13-11-29(12-14-30)35-21-24-7-4-8-26(17-24)27-10-9-25-15-16-32(20-28(25)18-27)19-23-5-2-1-3-6-23;/h1-14,17-18H,15-16,19-22H2,(H,33,34);1H. The van der Waals surface area contributed by atoms with Gasteiger partial charge in [0.2, 0.25) is 0 Å². The van der Waals surface area contributed by atoms with Crippen molar-refractivity contribution in [2.75, 3.05) is 13.2 Å². The summed E-state index contributed by atoms with van der Waals surface area (Å²) < 4.78 is 11.1. The fraction of sp³-hybridized carbons (Fsp3) is 0.194. The first-order valence-corrected chi connectivity index (χ1v) is 12.2. The number of carboxylic acid groups (broad SMARTS) is 1. The Bertz CT molecular complexity index is 1320. The molecular formula is C31H30ClNO4. The van der Waals surface area contributed by atoms with Gasteiger partial charge in [-0.25, -0.2) is 4.79 Å². The molecule has 0 fully saturated rings. The molecule has 0 bridgehead atoms. The number of carboxylic acids is 1. The molecule has 0 radical (unpaired) electrons. The van der Waals surface area contributed by atoms with Crippen molar-refractivity contribution >= 4 is 18.4 Å². The summed E-state index contributed by atoms with van der Waals surface area (Å²) >= 11 is 0. The highest BCUT2D eigenvalue weighted by atomic mass is 35.5. The third-order valence-electron chi connectivity index (χ3n) is 6.40. The SMILES string of the molecule is Cl.O=C(O)COc1ccc(OCc2cccc(-c3ccc4c(c3)CN(Cc3ccccc3)CC4)c2)cc1. The van der Waals surface area contributed by atoms with Crippen molar-refractivity contribution in [3.63, 3.8) is 0 Å². The lowest BCUT2D eigenvalue weighted by atomic mass is 9.94. The van der Waals surface area contributed by atoms with Crippen LogP contribution in [0.4, 0.5) is 0 Å². The van der Waals surface area contributed by atoms with Crippen molar-refractivity contribution in [3.05, 3.63) is 119 Å². The van der Waals surface area contributed by atoms with Gasteiger partial charge in [0.15, 0.2) is 6.61 Å². The normalized spacial score (nSPS) is 12.8. The minimum Gasteiger partial charge on any atom is -0.489 e. The minimum absolute atomic E-state index is 0. The summed E-state index contributed by atoms with van der Waals surface area (Å²) in [4.78, 5) is 13.1. The quantitative estimate of drug-likeness (QED) is 0.280. The number of nitrogens with zero attached hydrogens (tertiary/aromatic N) is 1. The fourth-order valence-corrected chi connectivity index (χ4v) is 4.56. The maximum atomic E-state index is 10.6. The van der Waals surface area contributed by atoms with Gasteiger partial charge >= 0.3 is 5.97 Å². The molecule has 0 amide bonds. The maximum Gasteiger partial charge on any atom is 0.341 e. The van der Waals surface area contributed by atoms with Crippen LogP contribution in [0.15, 0.2) is 97.1 Å². The summed E-state index contributed by atoms with van der Waals surface area (Å²) in [6, 6.07) is 32.9. The third kappa shape index (κ3) is 7.13. The molecule has 0 atom stereocenters. The van der Waals surface area contributed by atoms with Crippen LogP contribution in [0, 0.1) is 0 Å². The van der Waals surface area contributed by atoms with Crippen molar-refractivity contribution in [2.24, 2.45) is 0 Å². The molecule has 37 heavy (non-hydrogen) atoms. The number of rotatable bonds is 9. The highest BCUT2D eigenvalue weighted by Crippen LogP contribution is 2.28. The smallest absolute Gasteiger partial charge is 0.341 e. The molecule has 0 spiro atoms. The second-order valence-electron chi connectivity index (χ2n) is 9.07. The number of fused-ring (bicyclic) bond motifs is 1. The Hall–Kier alpha value is -3.80. The molecule has 5 rings (SSSR count). The Morgan fingerprint density at radius 1 is 0.757 bits per heavy atom. The zero-order valence-electron chi connectivity index (χ0n) is 20.5. The molecule has 4 aromatic carbocycles. The first-order valence-electron chi connectivity index (χ1n) is 12.2. The van der Waals surface area contributed by atoms with Crippen molar-refractivity contribution in [1.29, 1.82) is 0 Å². The van der Waals surface area contributed by atoms with Crippen molar-refractivity contribution in [3.8, 4) is 22.6 Å². The van der Waals surface area contributed by atoms with Crippen LogP contribution in [0.5, 0.6) is 11.5 Å².